The van der Waals surface area contributed by atoms with Gasteiger partial charge in [0.25, 0.3) is 0 Å². The van der Waals surface area contributed by atoms with E-state index in [1.165, 1.54) is 89.9 Å². The van der Waals surface area contributed by atoms with Gasteiger partial charge in [-0.3, -0.25) is 4.79 Å². The first kappa shape index (κ1) is 35.0. The zero-order chi connectivity index (χ0) is 28.3. The van der Waals surface area contributed by atoms with Crippen molar-refractivity contribution in [2.45, 2.75) is 172 Å². The first-order valence-corrected chi connectivity index (χ1v) is 16.9. The second kappa shape index (κ2) is 20.0. The number of amides is 3. The zero-order valence-corrected chi connectivity index (χ0v) is 26.0. The minimum atomic E-state index is -0.918. The Labute approximate surface area is 238 Å². The van der Waals surface area contributed by atoms with E-state index < -0.39 is 11.3 Å². The monoisotopic (exact) mass is 555 g/mol. The van der Waals surface area contributed by atoms with Crippen molar-refractivity contribution in [3.05, 3.63) is 0 Å². The lowest BCUT2D eigenvalue weighted by atomic mass is 9.91. The van der Waals surface area contributed by atoms with Gasteiger partial charge in [-0.25, -0.2) is 4.79 Å². The van der Waals surface area contributed by atoms with Gasteiger partial charge in [0, 0.05) is 23.5 Å². The molecular formula is C30H61N5O2S. The van der Waals surface area contributed by atoms with Gasteiger partial charge in [-0.05, 0) is 26.2 Å². The fraction of sp³-hybridized carbons (Fsp3) is 0.933. The van der Waals surface area contributed by atoms with Gasteiger partial charge < -0.3 is 27.4 Å². The van der Waals surface area contributed by atoms with E-state index in [1.807, 2.05) is 13.8 Å². The van der Waals surface area contributed by atoms with Crippen LogP contribution in [0.4, 0.5) is 4.79 Å². The summed E-state index contributed by atoms with van der Waals surface area (Å²) in [5.41, 5.74) is 10.9. The molecule has 38 heavy (non-hydrogen) atoms. The number of fused-ring (bicyclic) bond motifs is 1. The molecule has 0 aromatic heterocycles. The summed E-state index contributed by atoms with van der Waals surface area (Å²) in [4.78, 5) is 24.0. The van der Waals surface area contributed by atoms with Crippen LogP contribution in [0.15, 0.2) is 0 Å². The fourth-order valence-corrected chi connectivity index (χ4v) is 7.15. The fourth-order valence-electron chi connectivity index (χ4n) is 5.51. The number of nitrogens with one attached hydrogen (secondary N) is 3. The molecule has 7 nitrogen and oxygen atoms in total. The van der Waals surface area contributed by atoms with E-state index in [-0.39, 0.29) is 23.2 Å². The number of carbonyl (C=O) groups is 2. The molecule has 4 atom stereocenters. The molecule has 0 saturated carbocycles. The van der Waals surface area contributed by atoms with Crippen molar-refractivity contribution < 1.29 is 9.59 Å². The summed E-state index contributed by atoms with van der Waals surface area (Å²) in [6.07, 6.45) is 23.3. The predicted molar refractivity (Wildman–Crippen MR) is 164 cm³/mol. The van der Waals surface area contributed by atoms with Gasteiger partial charge in [0.1, 0.15) is 11.3 Å². The number of urea groups is 1. The summed E-state index contributed by atoms with van der Waals surface area (Å²) in [5, 5.41) is 8.79. The molecule has 0 bridgehead atoms. The molecular weight excluding hydrogens is 494 g/mol. The van der Waals surface area contributed by atoms with E-state index in [1.54, 1.807) is 11.8 Å². The molecule has 7 N–H and O–H groups in total. The van der Waals surface area contributed by atoms with Gasteiger partial charge in [-0.15, -0.1) is 0 Å². The van der Waals surface area contributed by atoms with Crippen LogP contribution in [-0.2, 0) is 4.79 Å². The normalized spacial score (nSPS) is 24.7. The highest BCUT2D eigenvalue weighted by Crippen LogP contribution is 2.42. The van der Waals surface area contributed by atoms with Crippen LogP contribution >= 0.6 is 11.8 Å². The summed E-state index contributed by atoms with van der Waals surface area (Å²) >= 11 is 1.70. The molecule has 0 radical (unpaired) electrons. The van der Waals surface area contributed by atoms with Gasteiger partial charge >= 0.3 is 6.03 Å². The summed E-state index contributed by atoms with van der Waals surface area (Å²) < 4.78 is 0. The molecule has 3 amide bonds. The third-order valence-electron chi connectivity index (χ3n) is 7.93. The molecule has 224 valence electrons. The molecule has 0 aromatic carbocycles. The highest BCUT2D eigenvalue weighted by atomic mass is 32.2. The van der Waals surface area contributed by atoms with Crippen molar-refractivity contribution in [1.82, 2.24) is 16.0 Å². The molecule has 2 aliphatic heterocycles. The third kappa shape index (κ3) is 12.5. The lowest BCUT2D eigenvalue weighted by molar-refractivity contribution is -0.121. The molecule has 2 fully saturated rings. The van der Waals surface area contributed by atoms with Crippen LogP contribution in [0.2, 0.25) is 0 Å². The number of unbranched alkanes of at least 4 members (excludes halogenated alkanes) is 14. The van der Waals surface area contributed by atoms with Crippen LogP contribution in [0.3, 0.4) is 0 Å². The van der Waals surface area contributed by atoms with Crippen molar-refractivity contribution in [2.75, 3.05) is 5.75 Å². The third-order valence-corrected chi connectivity index (χ3v) is 9.57. The molecule has 2 unspecified atom stereocenters. The first-order valence-electron chi connectivity index (χ1n) is 15.9. The molecule has 2 aliphatic rings. The summed E-state index contributed by atoms with van der Waals surface area (Å²) in [5.74, 6) is 0.739. The van der Waals surface area contributed by atoms with Gasteiger partial charge in [-0.2, -0.15) is 11.8 Å². The van der Waals surface area contributed by atoms with E-state index in [0.29, 0.717) is 12.2 Å². The summed E-state index contributed by atoms with van der Waals surface area (Å²) in [7, 11) is 0. The van der Waals surface area contributed by atoms with Crippen LogP contribution in [-0.4, -0.2) is 40.3 Å². The molecule has 0 spiro atoms. The molecule has 0 aliphatic carbocycles. The van der Waals surface area contributed by atoms with E-state index in [4.69, 9.17) is 11.5 Å². The van der Waals surface area contributed by atoms with Crippen LogP contribution in [0.1, 0.15) is 150 Å². The van der Waals surface area contributed by atoms with E-state index in [0.717, 1.165) is 25.7 Å². The molecule has 2 rings (SSSR count). The number of thioether (sulfide) groups is 1. The van der Waals surface area contributed by atoms with E-state index in [9.17, 15) is 9.59 Å². The van der Waals surface area contributed by atoms with Crippen LogP contribution in [0.5, 0.6) is 0 Å². The number of hydrogen-bond donors (Lipinski definition) is 5. The largest absolute Gasteiger partial charge is 0.354 e. The highest BCUT2D eigenvalue weighted by molar-refractivity contribution is 8.00. The van der Waals surface area contributed by atoms with E-state index in [2.05, 4.69) is 29.8 Å². The average molecular weight is 556 g/mol. The zero-order valence-electron chi connectivity index (χ0n) is 25.2. The van der Waals surface area contributed by atoms with Gasteiger partial charge in [-0.1, -0.05) is 117 Å². The van der Waals surface area contributed by atoms with Crippen LogP contribution in [0.25, 0.3) is 0 Å². The Morgan fingerprint density at radius 1 is 0.895 bits per heavy atom. The van der Waals surface area contributed by atoms with Crippen molar-refractivity contribution in [3.63, 3.8) is 0 Å². The van der Waals surface area contributed by atoms with Gasteiger partial charge in [0.2, 0.25) is 5.91 Å². The maximum atomic E-state index is 12.3. The second-order valence-corrected chi connectivity index (χ2v) is 12.5. The number of hydrogen-bond acceptors (Lipinski definition) is 5. The van der Waals surface area contributed by atoms with Crippen molar-refractivity contribution >= 4 is 23.7 Å². The van der Waals surface area contributed by atoms with Crippen LogP contribution in [0, 0.1) is 0 Å². The topological polar surface area (TPSA) is 122 Å². The Kier molecular flexibility index (Phi) is 18.4. The summed E-state index contributed by atoms with van der Waals surface area (Å²) in [6, 6.07) is -0.0531. The molecule has 8 heteroatoms. The van der Waals surface area contributed by atoms with Gasteiger partial charge in [0.05, 0.1) is 0 Å². The Morgan fingerprint density at radius 3 is 1.97 bits per heavy atom. The minimum Gasteiger partial charge on any atom is -0.354 e. The Bertz CT molecular complexity index is 652. The highest BCUT2D eigenvalue weighted by Gasteiger charge is 2.62. The summed E-state index contributed by atoms with van der Waals surface area (Å²) in [6.45, 7) is 8.39. The predicted octanol–water partition coefficient (Wildman–Crippen LogP) is 6.69. The lowest BCUT2D eigenvalue weighted by Crippen LogP contribution is -2.72. The molecule has 2 saturated heterocycles. The number of rotatable bonds is 21. The number of nitrogens with two attached hydrogens (primary N) is 2. The maximum absolute atomic E-state index is 12.3. The number of carbonyl (C=O) groups excluding carboxylic acids is 2. The first-order chi connectivity index (χ1) is 18.3. The molecule has 0 aromatic rings. The van der Waals surface area contributed by atoms with Gasteiger partial charge in [0.15, 0.2) is 0 Å². The smallest absolute Gasteiger partial charge is 0.317 e. The van der Waals surface area contributed by atoms with E-state index >= 15 is 0 Å². The minimum absolute atomic E-state index is 0.0590. The van der Waals surface area contributed by atoms with Crippen molar-refractivity contribution in [1.29, 1.82) is 0 Å². The SMILES string of the molecule is CC.CCCCCCCCCCCCCCCCC(C)NC(=O)CCCCC1SC[C@]2(N)NC(=O)N[C@]12N. The lowest BCUT2D eigenvalue weighted by Gasteiger charge is -2.35. The van der Waals surface area contributed by atoms with Crippen molar-refractivity contribution in [2.24, 2.45) is 11.5 Å². The maximum Gasteiger partial charge on any atom is 0.317 e. The van der Waals surface area contributed by atoms with Crippen LogP contribution < -0.4 is 27.4 Å². The molecule has 2 heterocycles. The Morgan fingerprint density at radius 2 is 1.42 bits per heavy atom. The van der Waals surface area contributed by atoms with Crippen molar-refractivity contribution in [3.8, 4) is 0 Å². The Hall–Kier alpha value is -0.990. The standard InChI is InChI=1S/C28H55N5O2S.C2H6/c1-3-4-5-6-7-8-9-10-11-12-13-14-15-16-19-23(2)31-25(34)21-18-17-20-24-28(30)27(29,22-36-24)32-26(35)33-28;1-2/h23-24H,3-22,29-30H2,1-2H3,(H,31,34)(H2,32,33,35);1-2H3/t23?,24?,27-,28+;/m0./s1. The quantitative estimate of drug-likeness (QED) is 0.0798. The Balaban J connectivity index is 0.00000352. The second-order valence-electron chi connectivity index (χ2n) is 11.3. The average Bonchev–Trinajstić information content (AvgIpc) is 3.26.